The summed E-state index contributed by atoms with van der Waals surface area (Å²) in [6.07, 6.45) is 6.40. The zero-order valence-electron chi connectivity index (χ0n) is 15.6. The molecule has 0 bridgehead atoms. The van der Waals surface area contributed by atoms with Gasteiger partial charge in [0.15, 0.2) is 0 Å². The molecule has 25 heavy (non-hydrogen) atoms. The number of nitrogen functional groups attached to an aromatic ring is 1. The summed E-state index contributed by atoms with van der Waals surface area (Å²) >= 11 is 0. The highest BCUT2D eigenvalue weighted by Gasteiger charge is 2.36. The largest absolute Gasteiger partial charge is 0.398 e. The number of nitrogens with two attached hydrogens (primary N) is 1. The minimum absolute atomic E-state index is 0.121. The minimum Gasteiger partial charge on any atom is -0.398 e. The highest BCUT2D eigenvalue weighted by molar-refractivity contribution is 5.93. The monoisotopic (exact) mass is 342 g/mol. The summed E-state index contributed by atoms with van der Waals surface area (Å²) in [5.74, 6) is 0.712. The predicted octanol–water partition coefficient (Wildman–Crippen LogP) is 3.37. The summed E-state index contributed by atoms with van der Waals surface area (Å²) in [7, 11) is 0. The van der Waals surface area contributed by atoms with Crippen LogP contribution in [0.2, 0.25) is 0 Å². The van der Waals surface area contributed by atoms with Gasteiger partial charge in [-0.15, -0.1) is 0 Å². The number of nitrogens with zero attached hydrogens (tertiary/aromatic N) is 2. The van der Waals surface area contributed by atoms with Gasteiger partial charge in [0.05, 0.1) is 5.54 Å². The molecule has 0 radical (unpaired) electrons. The van der Waals surface area contributed by atoms with Crippen LogP contribution in [0.3, 0.4) is 0 Å². The van der Waals surface area contributed by atoms with Crippen molar-refractivity contribution >= 4 is 23.5 Å². The lowest BCUT2D eigenvalue weighted by atomic mass is 9.92. The maximum Gasteiger partial charge on any atom is 0.220 e. The number of amides is 1. The number of hydrogen-bond donors (Lipinski definition) is 2. The van der Waals surface area contributed by atoms with Crippen molar-refractivity contribution < 1.29 is 4.79 Å². The number of anilines is 2. The minimum atomic E-state index is -0.235. The predicted molar refractivity (Wildman–Crippen MR) is 104 cm³/mol. The van der Waals surface area contributed by atoms with E-state index in [1.165, 1.54) is 37.5 Å². The van der Waals surface area contributed by atoms with Gasteiger partial charge in [0.25, 0.3) is 0 Å². The van der Waals surface area contributed by atoms with Gasteiger partial charge in [-0.1, -0.05) is 12.8 Å². The number of nitrogens with one attached hydrogen (secondary N) is 1. The van der Waals surface area contributed by atoms with Crippen molar-refractivity contribution in [3.63, 3.8) is 0 Å². The van der Waals surface area contributed by atoms with Crippen molar-refractivity contribution in [3.05, 3.63) is 23.3 Å². The Morgan fingerprint density at radius 3 is 2.52 bits per heavy atom. The smallest absolute Gasteiger partial charge is 0.220 e. The van der Waals surface area contributed by atoms with Gasteiger partial charge in [0.2, 0.25) is 5.91 Å². The van der Waals surface area contributed by atoms with E-state index in [0.29, 0.717) is 18.2 Å². The zero-order chi connectivity index (χ0) is 18.2. The molecule has 1 aliphatic carbocycles. The van der Waals surface area contributed by atoms with E-state index in [0.717, 1.165) is 24.3 Å². The van der Waals surface area contributed by atoms with E-state index in [1.807, 2.05) is 4.90 Å². The van der Waals surface area contributed by atoms with Crippen molar-refractivity contribution in [1.29, 1.82) is 5.41 Å². The van der Waals surface area contributed by atoms with E-state index < -0.39 is 0 Å². The Hall–Kier alpha value is -2.04. The molecule has 5 heteroatoms. The zero-order valence-corrected chi connectivity index (χ0v) is 15.6. The Morgan fingerprint density at radius 1 is 1.28 bits per heavy atom. The third-order valence-electron chi connectivity index (χ3n) is 5.81. The van der Waals surface area contributed by atoms with Crippen LogP contribution in [0.5, 0.6) is 0 Å². The molecule has 2 aliphatic rings. The van der Waals surface area contributed by atoms with Gasteiger partial charge in [-0.25, -0.2) is 0 Å². The van der Waals surface area contributed by atoms with E-state index in [-0.39, 0.29) is 11.4 Å². The Labute approximate surface area is 150 Å². The fourth-order valence-corrected chi connectivity index (χ4v) is 4.54. The molecule has 0 aromatic heterocycles. The van der Waals surface area contributed by atoms with Gasteiger partial charge in [-0.3, -0.25) is 4.79 Å². The summed E-state index contributed by atoms with van der Waals surface area (Å²) < 4.78 is 0. The molecule has 5 nitrogen and oxygen atoms in total. The molecule has 2 fully saturated rings. The van der Waals surface area contributed by atoms with Crippen LogP contribution < -0.4 is 10.6 Å². The number of hydrogen-bond acceptors (Lipinski definition) is 4. The van der Waals surface area contributed by atoms with Crippen LogP contribution in [0, 0.1) is 5.41 Å². The van der Waals surface area contributed by atoms with Gasteiger partial charge >= 0.3 is 0 Å². The Morgan fingerprint density at radius 2 is 1.96 bits per heavy atom. The molecule has 1 aliphatic heterocycles. The van der Waals surface area contributed by atoms with E-state index in [1.54, 1.807) is 6.92 Å². The fourth-order valence-electron chi connectivity index (χ4n) is 4.54. The average molecular weight is 342 g/mol. The first-order chi connectivity index (χ1) is 11.8. The van der Waals surface area contributed by atoms with E-state index in [4.69, 9.17) is 11.1 Å². The van der Waals surface area contributed by atoms with Crippen LogP contribution in [-0.4, -0.2) is 42.2 Å². The molecule has 1 aromatic carbocycles. The molecular weight excluding hydrogens is 312 g/mol. The molecule has 1 saturated heterocycles. The quantitative estimate of drug-likeness (QED) is 0.653. The molecular formula is C20H30N4O. The molecule has 0 atom stereocenters. The van der Waals surface area contributed by atoms with Gasteiger partial charge in [-0.2, -0.15) is 0 Å². The molecule has 1 saturated carbocycles. The fraction of sp³-hybridized carbons (Fsp3) is 0.600. The molecule has 0 unspecified atom stereocenters. The molecule has 1 aromatic rings. The normalized spacial score (nSPS) is 20.8. The van der Waals surface area contributed by atoms with Crippen LogP contribution in [0.4, 0.5) is 11.4 Å². The highest BCUT2D eigenvalue weighted by Crippen LogP contribution is 2.39. The van der Waals surface area contributed by atoms with Crippen molar-refractivity contribution in [3.8, 4) is 0 Å². The standard InChI is InChI=1S/C20H30N4O/c1-14(25)24-9-8-23(13-20(24,2)3)19-11-16(15-6-4-5-7-15)10-18(22)17(19)12-21/h10-12,15,21H,4-9,13,22H2,1-3H3. The first-order valence-corrected chi connectivity index (χ1v) is 9.30. The summed E-state index contributed by atoms with van der Waals surface area (Å²) in [6, 6.07) is 4.31. The summed E-state index contributed by atoms with van der Waals surface area (Å²) in [6.45, 7) is 8.08. The Balaban J connectivity index is 1.95. The van der Waals surface area contributed by atoms with Crippen molar-refractivity contribution in [1.82, 2.24) is 4.90 Å². The second-order valence-electron chi connectivity index (χ2n) is 8.07. The summed E-state index contributed by atoms with van der Waals surface area (Å²) in [5, 5.41) is 7.83. The number of rotatable bonds is 3. The maximum atomic E-state index is 11.9. The topological polar surface area (TPSA) is 73.4 Å². The maximum absolute atomic E-state index is 11.9. The highest BCUT2D eigenvalue weighted by atomic mass is 16.2. The number of carbonyl (C=O) groups excluding carboxylic acids is 1. The third kappa shape index (κ3) is 3.37. The SMILES string of the molecule is CC(=O)N1CCN(c2cc(C3CCCC3)cc(N)c2C=N)CC1(C)C. The first kappa shape index (κ1) is 17.8. The summed E-state index contributed by atoms with van der Waals surface area (Å²) in [5.41, 5.74) is 9.93. The number of benzene rings is 1. The van der Waals surface area contributed by atoms with Gasteiger partial charge < -0.3 is 20.9 Å². The van der Waals surface area contributed by atoms with Crippen LogP contribution in [0.15, 0.2) is 12.1 Å². The van der Waals surface area contributed by atoms with Crippen molar-refractivity contribution in [2.24, 2.45) is 0 Å². The summed E-state index contributed by atoms with van der Waals surface area (Å²) in [4.78, 5) is 16.2. The first-order valence-electron chi connectivity index (χ1n) is 9.30. The Bertz CT molecular complexity index is 677. The average Bonchev–Trinajstić information content (AvgIpc) is 3.07. The lowest BCUT2D eigenvalue weighted by molar-refractivity contribution is -0.134. The van der Waals surface area contributed by atoms with E-state index in [9.17, 15) is 4.79 Å². The molecule has 1 heterocycles. The van der Waals surface area contributed by atoms with Gasteiger partial charge in [0, 0.05) is 49.7 Å². The van der Waals surface area contributed by atoms with Crippen molar-refractivity contribution in [2.45, 2.75) is 57.9 Å². The van der Waals surface area contributed by atoms with Gasteiger partial charge in [-0.05, 0) is 50.3 Å². The van der Waals surface area contributed by atoms with Crippen LogP contribution in [-0.2, 0) is 4.79 Å². The molecule has 1 amide bonds. The molecule has 0 spiro atoms. The Kier molecular flexibility index (Phi) is 4.76. The van der Waals surface area contributed by atoms with Crippen LogP contribution >= 0.6 is 0 Å². The second-order valence-corrected chi connectivity index (χ2v) is 8.07. The molecule has 3 N–H and O–H groups in total. The lowest BCUT2D eigenvalue weighted by Gasteiger charge is -2.48. The van der Waals surface area contributed by atoms with Gasteiger partial charge in [0.1, 0.15) is 0 Å². The number of piperazine rings is 1. The molecule has 136 valence electrons. The second kappa shape index (κ2) is 6.70. The van der Waals surface area contributed by atoms with Crippen LogP contribution in [0.25, 0.3) is 0 Å². The van der Waals surface area contributed by atoms with E-state index >= 15 is 0 Å². The lowest BCUT2D eigenvalue weighted by Crippen LogP contribution is -2.60. The third-order valence-corrected chi connectivity index (χ3v) is 5.81. The van der Waals surface area contributed by atoms with Crippen molar-refractivity contribution in [2.75, 3.05) is 30.3 Å². The number of carbonyl (C=O) groups is 1. The van der Waals surface area contributed by atoms with E-state index in [2.05, 4.69) is 30.9 Å². The van der Waals surface area contributed by atoms with Crippen LogP contribution in [0.1, 0.15) is 63.5 Å². The molecule has 3 rings (SSSR count).